The summed E-state index contributed by atoms with van der Waals surface area (Å²) in [5, 5.41) is 11.5. The van der Waals surface area contributed by atoms with Crippen LogP contribution in [0.3, 0.4) is 0 Å². The summed E-state index contributed by atoms with van der Waals surface area (Å²) in [5.74, 6) is -2.87. The first kappa shape index (κ1) is 19.0. The van der Waals surface area contributed by atoms with Gasteiger partial charge in [-0.05, 0) is 31.5 Å². The van der Waals surface area contributed by atoms with Crippen LogP contribution in [0.2, 0.25) is 0 Å². The molecule has 1 amide bonds. The van der Waals surface area contributed by atoms with E-state index in [1.165, 1.54) is 0 Å². The molecule has 1 saturated carbocycles. The van der Waals surface area contributed by atoms with Crippen LogP contribution in [0.5, 0.6) is 5.75 Å². The lowest BCUT2D eigenvalue weighted by molar-refractivity contribution is -0.139. The van der Waals surface area contributed by atoms with Crippen molar-refractivity contribution in [2.75, 3.05) is 13.1 Å². The maximum Gasteiger partial charge on any atom is 0.387 e. The Morgan fingerprint density at radius 2 is 2.08 bits per heavy atom. The van der Waals surface area contributed by atoms with E-state index in [-0.39, 0.29) is 24.2 Å². The number of hydrogen-bond acceptors (Lipinski definition) is 4. The monoisotopic (exact) mass is 360 g/mol. The summed E-state index contributed by atoms with van der Waals surface area (Å²) >= 11 is 0. The van der Waals surface area contributed by atoms with Crippen LogP contribution in [0.15, 0.2) is 18.2 Å². The van der Waals surface area contributed by atoms with Crippen LogP contribution in [-0.4, -0.2) is 53.7 Å². The van der Waals surface area contributed by atoms with Crippen LogP contribution < -0.4 is 10.1 Å². The quantitative estimate of drug-likeness (QED) is 0.742. The molecule has 0 aromatic heterocycles. The maximum absolute atomic E-state index is 13.2. The van der Waals surface area contributed by atoms with Gasteiger partial charge >= 0.3 is 12.6 Å². The highest BCUT2D eigenvalue weighted by Crippen LogP contribution is 2.27. The van der Waals surface area contributed by atoms with Gasteiger partial charge in [0.15, 0.2) is 0 Å². The maximum atomic E-state index is 13.2. The smallest absolute Gasteiger partial charge is 0.387 e. The number of likely N-dealkylation sites (N-methyl/N-ethyl adjacent to an activating group) is 1. The highest BCUT2D eigenvalue weighted by Gasteiger charge is 2.35. The lowest BCUT2D eigenvalue weighted by atomic mass is 9.85. The van der Waals surface area contributed by atoms with E-state index >= 15 is 0 Å². The third-order valence-electron chi connectivity index (χ3n) is 4.11. The normalized spacial score (nSPS) is 19.6. The Bertz CT molecular complexity index is 636. The fourth-order valence-corrected chi connectivity index (χ4v) is 2.82. The zero-order valence-electron chi connectivity index (χ0n) is 13.5. The summed E-state index contributed by atoms with van der Waals surface area (Å²) in [6.07, 6.45) is 1.11. The van der Waals surface area contributed by atoms with E-state index in [9.17, 15) is 22.8 Å². The molecule has 1 aliphatic rings. The number of benzene rings is 1. The number of rotatable bonds is 8. The Kier molecular flexibility index (Phi) is 6.24. The van der Waals surface area contributed by atoms with Crippen LogP contribution in [-0.2, 0) is 4.79 Å². The Morgan fingerprint density at radius 1 is 1.40 bits per heavy atom. The fourth-order valence-electron chi connectivity index (χ4n) is 2.82. The highest BCUT2D eigenvalue weighted by molar-refractivity contribution is 5.97. The van der Waals surface area contributed by atoms with Gasteiger partial charge in [-0.1, -0.05) is 6.92 Å². The van der Waals surface area contributed by atoms with Gasteiger partial charge in [0.1, 0.15) is 11.6 Å². The molecule has 138 valence electrons. The molecule has 0 saturated heterocycles. The van der Waals surface area contributed by atoms with Crippen molar-refractivity contribution in [2.24, 2.45) is 0 Å². The molecule has 0 atom stereocenters. The average molecular weight is 360 g/mol. The van der Waals surface area contributed by atoms with Gasteiger partial charge in [-0.25, -0.2) is 4.39 Å². The van der Waals surface area contributed by atoms with Crippen LogP contribution in [0.1, 0.15) is 30.1 Å². The number of carboxylic acid groups (broad SMARTS) is 1. The molecule has 9 heteroatoms. The van der Waals surface area contributed by atoms with Gasteiger partial charge in [-0.2, -0.15) is 8.78 Å². The molecule has 0 bridgehead atoms. The van der Waals surface area contributed by atoms with E-state index in [1.807, 2.05) is 6.92 Å². The molecule has 0 heterocycles. The number of carbonyl (C=O) groups is 2. The topological polar surface area (TPSA) is 78.9 Å². The van der Waals surface area contributed by atoms with Crippen molar-refractivity contribution in [3.8, 4) is 5.75 Å². The Balaban J connectivity index is 1.95. The summed E-state index contributed by atoms with van der Waals surface area (Å²) in [6.45, 7) is -0.828. The van der Waals surface area contributed by atoms with Crippen molar-refractivity contribution in [3.05, 3.63) is 29.6 Å². The molecule has 25 heavy (non-hydrogen) atoms. The molecule has 0 aliphatic heterocycles. The van der Waals surface area contributed by atoms with Crippen molar-refractivity contribution in [1.29, 1.82) is 0 Å². The number of nitrogens with zero attached hydrogens (tertiary/aromatic N) is 1. The van der Waals surface area contributed by atoms with Crippen molar-refractivity contribution < 1.29 is 32.6 Å². The predicted molar refractivity (Wildman–Crippen MR) is 82.2 cm³/mol. The molecule has 0 spiro atoms. The molecule has 0 unspecified atom stereocenters. The first-order chi connectivity index (χ1) is 11.8. The zero-order valence-corrected chi connectivity index (χ0v) is 13.5. The standard InChI is InChI=1S/C16H19F3N2O4/c1-2-21(8-14(22)23)11-6-10(7-11)20-15(24)12-4-3-9(17)5-13(12)25-16(18)19/h3-5,10-11,16H,2,6-8H2,1H3,(H,20,24)(H,22,23). The SMILES string of the molecule is CCN(CC(=O)O)C1CC(NC(=O)c2ccc(F)cc2OC(F)F)C1. The van der Waals surface area contributed by atoms with Crippen LogP contribution in [0.25, 0.3) is 0 Å². The average Bonchev–Trinajstić information content (AvgIpc) is 2.47. The minimum absolute atomic E-state index is 0.0383. The Hall–Kier alpha value is -2.29. The lowest BCUT2D eigenvalue weighted by Gasteiger charge is -2.42. The van der Waals surface area contributed by atoms with Gasteiger partial charge in [-0.3, -0.25) is 14.5 Å². The van der Waals surface area contributed by atoms with Crippen LogP contribution >= 0.6 is 0 Å². The van der Waals surface area contributed by atoms with E-state index in [1.54, 1.807) is 4.90 Å². The number of nitrogens with one attached hydrogen (secondary N) is 1. The molecular weight excluding hydrogens is 341 g/mol. The van der Waals surface area contributed by atoms with E-state index in [0.717, 1.165) is 18.2 Å². The second kappa shape index (κ2) is 8.19. The molecule has 6 nitrogen and oxygen atoms in total. The van der Waals surface area contributed by atoms with Gasteiger partial charge < -0.3 is 15.2 Å². The summed E-state index contributed by atoms with van der Waals surface area (Å²) in [4.78, 5) is 24.8. The molecule has 1 aromatic rings. The van der Waals surface area contributed by atoms with Crippen molar-refractivity contribution in [3.63, 3.8) is 0 Å². The first-order valence-electron chi connectivity index (χ1n) is 7.81. The zero-order chi connectivity index (χ0) is 18.6. The van der Waals surface area contributed by atoms with Gasteiger partial charge in [-0.15, -0.1) is 0 Å². The van der Waals surface area contributed by atoms with Crippen molar-refractivity contribution in [1.82, 2.24) is 10.2 Å². The Labute approximate surface area is 142 Å². The number of aliphatic carboxylic acids is 1. The number of hydrogen-bond donors (Lipinski definition) is 2. The number of alkyl halides is 2. The van der Waals surface area contributed by atoms with E-state index < -0.39 is 30.1 Å². The molecular formula is C16H19F3N2O4. The molecule has 0 radical (unpaired) electrons. The second-order valence-electron chi connectivity index (χ2n) is 5.77. The molecule has 2 rings (SSSR count). The van der Waals surface area contributed by atoms with E-state index in [0.29, 0.717) is 19.4 Å². The predicted octanol–water partition coefficient (Wildman–Crippen LogP) is 2.09. The van der Waals surface area contributed by atoms with Gasteiger partial charge in [0.25, 0.3) is 5.91 Å². The second-order valence-corrected chi connectivity index (χ2v) is 5.77. The van der Waals surface area contributed by atoms with Gasteiger partial charge in [0.05, 0.1) is 12.1 Å². The van der Waals surface area contributed by atoms with Crippen molar-refractivity contribution in [2.45, 2.75) is 38.5 Å². The van der Waals surface area contributed by atoms with Crippen LogP contribution in [0, 0.1) is 5.82 Å². The first-order valence-corrected chi connectivity index (χ1v) is 7.81. The number of carboxylic acids is 1. The summed E-state index contributed by atoms with van der Waals surface area (Å²) in [5.41, 5.74) is -0.178. The molecule has 1 aromatic carbocycles. The number of carbonyl (C=O) groups excluding carboxylic acids is 1. The van der Waals surface area contributed by atoms with Crippen LogP contribution in [0.4, 0.5) is 13.2 Å². The van der Waals surface area contributed by atoms with Gasteiger partial charge in [0, 0.05) is 18.2 Å². The highest BCUT2D eigenvalue weighted by atomic mass is 19.3. The fraction of sp³-hybridized carbons (Fsp3) is 0.500. The van der Waals surface area contributed by atoms with E-state index in [2.05, 4.69) is 10.1 Å². The third kappa shape index (κ3) is 5.09. The number of halogens is 3. The minimum Gasteiger partial charge on any atom is -0.480 e. The molecule has 1 aliphatic carbocycles. The number of amides is 1. The third-order valence-corrected chi connectivity index (χ3v) is 4.11. The minimum atomic E-state index is -3.17. The number of ether oxygens (including phenoxy) is 1. The van der Waals surface area contributed by atoms with Crippen molar-refractivity contribution >= 4 is 11.9 Å². The largest absolute Gasteiger partial charge is 0.480 e. The summed E-state index contributed by atoms with van der Waals surface area (Å²) in [7, 11) is 0. The molecule has 2 N–H and O–H groups in total. The van der Waals surface area contributed by atoms with Gasteiger partial charge in [0.2, 0.25) is 0 Å². The summed E-state index contributed by atoms with van der Waals surface area (Å²) in [6, 6.07) is 2.64. The molecule has 1 fully saturated rings. The summed E-state index contributed by atoms with van der Waals surface area (Å²) < 4.78 is 42.1. The Morgan fingerprint density at radius 3 is 2.64 bits per heavy atom. The lowest BCUT2D eigenvalue weighted by Crippen LogP contribution is -2.54. The van der Waals surface area contributed by atoms with E-state index in [4.69, 9.17) is 5.11 Å².